The molecule has 0 atom stereocenters. The molecule has 0 aromatic rings. The molecule has 0 aromatic heterocycles. The van der Waals surface area contributed by atoms with Crippen LogP contribution >= 0.6 is 12.6 Å². The van der Waals surface area contributed by atoms with Gasteiger partial charge >= 0.3 is 0 Å². The molecule has 10 heavy (non-hydrogen) atoms. The predicted octanol–water partition coefficient (Wildman–Crippen LogP) is 2.72. The van der Waals surface area contributed by atoms with Crippen molar-refractivity contribution in [1.29, 1.82) is 0 Å². The molecule has 0 bridgehead atoms. The van der Waals surface area contributed by atoms with Gasteiger partial charge in [-0.1, -0.05) is 38.2 Å². The number of hydrogen-bond donors (Lipinski definition) is 1. The zero-order chi connectivity index (χ0) is 7.45. The van der Waals surface area contributed by atoms with Gasteiger partial charge in [0.2, 0.25) is 0 Å². The van der Waals surface area contributed by atoms with Crippen molar-refractivity contribution in [2.24, 2.45) is 0 Å². The fourth-order valence-corrected chi connectivity index (χ4v) is 1.82. The molecule has 0 saturated heterocycles. The third kappa shape index (κ3) is 2.08. The van der Waals surface area contributed by atoms with Crippen molar-refractivity contribution in [2.45, 2.75) is 37.4 Å². The summed E-state index contributed by atoms with van der Waals surface area (Å²) in [6.07, 6.45) is 8.17. The van der Waals surface area contributed by atoms with Crippen molar-refractivity contribution < 1.29 is 0 Å². The minimum atomic E-state index is -0.0278. The van der Waals surface area contributed by atoms with Gasteiger partial charge < -0.3 is 0 Å². The number of hydrogen-bond acceptors (Lipinski definition) is 1. The molecule has 1 aliphatic carbocycles. The lowest BCUT2D eigenvalue weighted by Gasteiger charge is -2.30. The summed E-state index contributed by atoms with van der Waals surface area (Å²) in [6.45, 7) is 0. The Balaban J connectivity index is 2.48. The van der Waals surface area contributed by atoms with Gasteiger partial charge in [0.15, 0.2) is 0 Å². The first-order valence-corrected chi connectivity index (χ1v) is 4.39. The van der Waals surface area contributed by atoms with E-state index in [4.69, 9.17) is 7.85 Å². The lowest BCUT2D eigenvalue weighted by Crippen LogP contribution is -2.13. The van der Waals surface area contributed by atoms with E-state index in [0.717, 1.165) is 12.8 Å². The molecule has 0 N–H and O–H groups in total. The summed E-state index contributed by atoms with van der Waals surface area (Å²) >= 11 is 4.02. The molecule has 0 unspecified atom stereocenters. The highest BCUT2D eigenvalue weighted by Crippen LogP contribution is 2.40. The fourth-order valence-electron chi connectivity index (χ4n) is 1.53. The van der Waals surface area contributed by atoms with Gasteiger partial charge in [0.1, 0.15) is 0 Å². The molecule has 2 radical (unpaired) electrons. The van der Waals surface area contributed by atoms with E-state index < -0.39 is 0 Å². The van der Waals surface area contributed by atoms with Crippen LogP contribution in [0.4, 0.5) is 0 Å². The van der Waals surface area contributed by atoms with E-state index in [0.29, 0.717) is 0 Å². The maximum Gasteiger partial charge on any atom is 0.0802 e. The topological polar surface area (TPSA) is 0 Å². The molecule has 0 aromatic carbocycles. The number of allylic oxidation sites excluding steroid dienone is 1. The van der Waals surface area contributed by atoms with Gasteiger partial charge in [-0.15, -0.1) is 0 Å². The molecule has 1 saturated carbocycles. The minimum absolute atomic E-state index is 0.0278. The molecule has 0 aliphatic heterocycles. The summed E-state index contributed by atoms with van der Waals surface area (Å²) in [7, 11) is 6.03. The summed E-state index contributed by atoms with van der Waals surface area (Å²) in [5.74, 6) is 0. The zero-order valence-electron chi connectivity index (χ0n) is 6.21. The molecule has 2 heteroatoms. The summed E-state index contributed by atoms with van der Waals surface area (Å²) < 4.78 is 0. The molecule has 1 aliphatic rings. The Labute approximate surface area is 69.9 Å². The van der Waals surface area contributed by atoms with Gasteiger partial charge in [-0.25, -0.2) is 0 Å². The van der Waals surface area contributed by atoms with E-state index in [-0.39, 0.29) is 5.31 Å². The van der Waals surface area contributed by atoms with Crippen LogP contribution in [-0.4, -0.2) is 7.85 Å². The molecule has 0 nitrogen and oxygen atoms in total. The minimum Gasteiger partial charge on any atom is -0.152 e. The van der Waals surface area contributed by atoms with Gasteiger partial charge in [0.05, 0.1) is 7.85 Å². The van der Waals surface area contributed by atoms with E-state index in [1.165, 1.54) is 19.3 Å². The largest absolute Gasteiger partial charge is 0.152 e. The quantitative estimate of drug-likeness (QED) is 0.433. The van der Waals surface area contributed by atoms with Crippen molar-refractivity contribution in [3.8, 4) is 0 Å². The number of rotatable bonds is 1. The third-order valence-corrected chi connectivity index (χ3v) is 2.34. The smallest absolute Gasteiger partial charge is 0.0802 e. The monoisotopic (exact) mass is 152 g/mol. The maximum absolute atomic E-state index is 6.03. The Morgan fingerprint density at radius 2 is 1.80 bits per heavy atom. The van der Waals surface area contributed by atoms with E-state index in [1.54, 1.807) is 5.41 Å². The van der Waals surface area contributed by atoms with Crippen molar-refractivity contribution in [2.75, 3.05) is 0 Å². The van der Waals surface area contributed by atoms with Crippen LogP contribution in [0.25, 0.3) is 0 Å². The molecular formula is C8H13BS. The normalized spacial score (nSPS) is 25.3. The SMILES string of the molecule is [B]C1(/C=C/S)CCCCC1. The van der Waals surface area contributed by atoms with Crippen LogP contribution in [0.2, 0.25) is 5.31 Å². The second-order valence-corrected chi connectivity index (χ2v) is 3.41. The van der Waals surface area contributed by atoms with Crippen LogP contribution in [0.5, 0.6) is 0 Å². The molecule has 0 amide bonds. The van der Waals surface area contributed by atoms with Crippen LogP contribution < -0.4 is 0 Å². The molecule has 0 heterocycles. The second-order valence-electron chi connectivity index (χ2n) is 3.11. The Morgan fingerprint density at radius 1 is 1.20 bits per heavy atom. The van der Waals surface area contributed by atoms with E-state index in [1.807, 2.05) is 6.08 Å². The van der Waals surface area contributed by atoms with Crippen molar-refractivity contribution in [1.82, 2.24) is 0 Å². The maximum atomic E-state index is 6.03. The average Bonchev–Trinajstić information content (AvgIpc) is 1.89. The van der Waals surface area contributed by atoms with Crippen LogP contribution in [0.15, 0.2) is 11.5 Å². The van der Waals surface area contributed by atoms with Crippen molar-refractivity contribution in [3.05, 3.63) is 11.5 Å². The zero-order valence-corrected chi connectivity index (χ0v) is 7.11. The summed E-state index contributed by atoms with van der Waals surface area (Å²) in [5, 5.41) is 1.74. The molecule has 0 spiro atoms. The number of thiol groups is 1. The first-order valence-electron chi connectivity index (χ1n) is 3.88. The Hall–Kier alpha value is 0.155. The highest BCUT2D eigenvalue weighted by Gasteiger charge is 2.22. The van der Waals surface area contributed by atoms with Crippen LogP contribution in [-0.2, 0) is 0 Å². The average molecular weight is 152 g/mol. The second kappa shape index (κ2) is 3.52. The van der Waals surface area contributed by atoms with Crippen LogP contribution in [0.3, 0.4) is 0 Å². The van der Waals surface area contributed by atoms with Crippen LogP contribution in [0, 0.1) is 0 Å². The van der Waals surface area contributed by atoms with Crippen molar-refractivity contribution >= 4 is 20.5 Å². The van der Waals surface area contributed by atoms with Gasteiger partial charge in [-0.3, -0.25) is 0 Å². The van der Waals surface area contributed by atoms with Gasteiger partial charge in [0, 0.05) is 0 Å². The first-order chi connectivity index (χ1) is 4.77. The molecule has 1 rings (SSSR count). The fraction of sp³-hybridized carbons (Fsp3) is 0.750. The van der Waals surface area contributed by atoms with E-state index in [9.17, 15) is 0 Å². The molecule has 1 fully saturated rings. The highest BCUT2D eigenvalue weighted by atomic mass is 32.1. The lowest BCUT2D eigenvalue weighted by molar-refractivity contribution is 0.437. The highest BCUT2D eigenvalue weighted by molar-refractivity contribution is 7.83. The van der Waals surface area contributed by atoms with Crippen LogP contribution in [0.1, 0.15) is 32.1 Å². The van der Waals surface area contributed by atoms with Gasteiger partial charge in [0.25, 0.3) is 0 Å². The Kier molecular flexibility index (Phi) is 2.90. The van der Waals surface area contributed by atoms with E-state index >= 15 is 0 Å². The standard InChI is InChI=1S/C8H13BS/c9-8(6-7-10)4-2-1-3-5-8/h6-7,10H,1-5H2/b7-6+. The lowest BCUT2D eigenvalue weighted by atomic mass is 9.60. The van der Waals surface area contributed by atoms with Gasteiger partial charge in [-0.05, 0) is 10.7 Å². The summed E-state index contributed by atoms with van der Waals surface area (Å²) in [5.41, 5.74) is 0. The van der Waals surface area contributed by atoms with Gasteiger partial charge in [-0.2, -0.15) is 12.6 Å². The Bertz CT molecular complexity index is 125. The molecular weight excluding hydrogens is 139 g/mol. The summed E-state index contributed by atoms with van der Waals surface area (Å²) in [6, 6.07) is 0. The summed E-state index contributed by atoms with van der Waals surface area (Å²) in [4.78, 5) is 0. The molecule has 54 valence electrons. The van der Waals surface area contributed by atoms with E-state index in [2.05, 4.69) is 12.6 Å². The first kappa shape index (κ1) is 8.25. The van der Waals surface area contributed by atoms with Crippen molar-refractivity contribution in [3.63, 3.8) is 0 Å². The third-order valence-electron chi connectivity index (χ3n) is 2.19. The Morgan fingerprint density at radius 3 is 2.30 bits per heavy atom. The predicted molar refractivity (Wildman–Crippen MR) is 49.7 cm³/mol.